The number of halogens is 3. The largest absolute Gasteiger partial charge is 0.351 e. The molecule has 1 saturated heterocycles. The number of carbonyl (C=O) groups excluding carboxylic acids is 1. The Labute approximate surface area is 117 Å². The lowest BCUT2D eigenvalue weighted by molar-refractivity contribution is -0.123. The van der Waals surface area contributed by atoms with Gasteiger partial charge in [0.05, 0.1) is 6.04 Å². The van der Waals surface area contributed by atoms with Gasteiger partial charge in [0.25, 0.3) is 0 Å². The van der Waals surface area contributed by atoms with Gasteiger partial charge in [0, 0.05) is 18.2 Å². The number of nitrogens with one attached hydrogen (secondary N) is 2. The van der Waals surface area contributed by atoms with Gasteiger partial charge in [-0.25, -0.2) is 8.78 Å². The molecule has 0 bridgehead atoms. The van der Waals surface area contributed by atoms with Crippen LogP contribution in [0.1, 0.15) is 24.8 Å². The Morgan fingerprint density at radius 3 is 2.79 bits per heavy atom. The predicted octanol–water partition coefficient (Wildman–Crippen LogP) is 2.14. The number of benzene rings is 1. The molecule has 1 heterocycles. The highest BCUT2D eigenvalue weighted by atomic mass is 35.5. The van der Waals surface area contributed by atoms with Crippen molar-refractivity contribution in [1.82, 2.24) is 10.6 Å². The van der Waals surface area contributed by atoms with E-state index >= 15 is 0 Å². The van der Waals surface area contributed by atoms with E-state index in [1.54, 1.807) is 0 Å². The molecular weight excluding hydrogens is 274 g/mol. The third kappa shape index (κ3) is 4.44. The molecule has 1 aliphatic rings. The van der Waals surface area contributed by atoms with Gasteiger partial charge < -0.3 is 10.6 Å². The van der Waals surface area contributed by atoms with Gasteiger partial charge in [-0.15, -0.1) is 12.4 Å². The standard InChI is InChI=1S/C13H16F2N2O.ClH/c14-10-5-4-9(11(15)7-10)8-17-13(18)12-3-1-2-6-16-12;/h4-5,7,12,16H,1-3,6,8H2,(H,17,18);1H. The molecule has 0 aliphatic carbocycles. The van der Waals surface area contributed by atoms with Crippen LogP contribution in [0.2, 0.25) is 0 Å². The zero-order valence-corrected chi connectivity index (χ0v) is 11.2. The van der Waals surface area contributed by atoms with Crippen LogP contribution in [0.5, 0.6) is 0 Å². The second-order valence-electron chi connectivity index (χ2n) is 4.46. The number of piperidine rings is 1. The van der Waals surface area contributed by atoms with Crippen molar-refractivity contribution in [2.24, 2.45) is 0 Å². The molecule has 0 radical (unpaired) electrons. The molecule has 1 unspecified atom stereocenters. The predicted molar refractivity (Wildman–Crippen MR) is 71.1 cm³/mol. The fourth-order valence-corrected chi connectivity index (χ4v) is 2.05. The normalized spacial score (nSPS) is 18.5. The van der Waals surface area contributed by atoms with Crippen molar-refractivity contribution in [2.45, 2.75) is 31.8 Å². The zero-order chi connectivity index (χ0) is 13.0. The van der Waals surface area contributed by atoms with Crippen molar-refractivity contribution >= 4 is 18.3 Å². The summed E-state index contributed by atoms with van der Waals surface area (Å²) in [4.78, 5) is 11.8. The second-order valence-corrected chi connectivity index (χ2v) is 4.46. The van der Waals surface area contributed by atoms with E-state index in [-0.39, 0.29) is 30.9 Å². The lowest BCUT2D eigenvalue weighted by Gasteiger charge is -2.22. The summed E-state index contributed by atoms with van der Waals surface area (Å²) in [5, 5.41) is 5.78. The van der Waals surface area contributed by atoms with E-state index in [0.29, 0.717) is 5.56 Å². The van der Waals surface area contributed by atoms with Crippen LogP contribution < -0.4 is 10.6 Å². The minimum absolute atomic E-state index is 0. The van der Waals surface area contributed by atoms with Crippen molar-refractivity contribution in [1.29, 1.82) is 0 Å². The first-order valence-electron chi connectivity index (χ1n) is 6.12. The highest BCUT2D eigenvalue weighted by Crippen LogP contribution is 2.10. The molecule has 0 aromatic heterocycles. The molecule has 2 rings (SSSR count). The third-order valence-electron chi connectivity index (χ3n) is 3.09. The molecule has 0 saturated carbocycles. The molecule has 2 N–H and O–H groups in total. The molecule has 1 aliphatic heterocycles. The van der Waals surface area contributed by atoms with E-state index in [2.05, 4.69) is 10.6 Å². The summed E-state index contributed by atoms with van der Waals surface area (Å²) in [6.45, 7) is 0.923. The summed E-state index contributed by atoms with van der Waals surface area (Å²) in [6.07, 6.45) is 2.91. The van der Waals surface area contributed by atoms with E-state index < -0.39 is 11.6 Å². The van der Waals surface area contributed by atoms with Crippen LogP contribution >= 0.6 is 12.4 Å². The maximum absolute atomic E-state index is 13.3. The van der Waals surface area contributed by atoms with E-state index in [1.807, 2.05) is 0 Å². The minimum Gasteiger partial charge on any atom is -0.351 e. The first-order valence-corrected chi connectivity index (χ1v) is 6.12. The lowest BCUT2D eigenvalue weighted by Crippen LogP contribution is -2.46. The summed E-state index contributed by atoms with van der Waals surface area (Å²) < 4.78 is 26.0. The van der Waals surface area contributed by atoms with Gasteiger partial charge >= 0.3 is 0 Å². The smallest absolute Gasteiger partial charge is 0.237 e. The second kappa shape index (κ2) is 7.40. The van der Waals surface area contributed by atoms with Gasteiger partial charge in [-0.05, 0) is 25.5 Å². The SMILES string of the molecule is Cl.O=C(NCc1ccc(F)cc1F)C1CCCCN1. The van der Waals surface area contributed by atoms with Gasteiger partial charge in [0.2, 0.25) is 5.91 Å². The minimum atomic E-state index is -0.632. The molecule has 1 amide bonds. The van der Waals surface area contributed by atoms with Crippen LogP contribution in [0.15, 0.2) is 18.2 Å². The summed E-state index contributed by atoms with van der Waals surface area (Å²) in [5.41, 5.74) is 0.292. The Kier molecular flexibility index (Phi) is 6.18. The number of rotatable bonds is 3. The number of hydrogen-bond acceptors (Lipinski definition) is 2. The first-order chi connectivity index (χ1) is 8.66. The fourth-order valence-electron chi connectivity index (χ4n) is 2.05. The van der Waals surface area contributed by atoms with E-state index in [9.17, 15) is 13.6 Å². The highest BCUT2D eigenvalue weighted by Gasteiger charge is 2.20. The van der Waals surface area contributed by atoms with Crippen molar-refractivity contribution in [2.75, 3.05) is 6.54 Å². The van der Waals surface area contributed by atoms with Crippen LogP contribution in [0.25, 0.3) is 0 Å². The Morgan fingerprint density at radius 1 is 1.37 bits per heavy atom. The van der Waals surface area contributed by atoms with Crippen LogP contribution in [0.3, 0.4) is 0 Å². The average molecular weight is 291 g/mol. The van der Waals surface area contributed by atoms with Crippen molar-refractivity contribution in [3.8, 4) is 0 Å². The number of hydrogen-bond donors (Lipinski definition) is 2. The topological polar surface area (TPSA) is 41.1 Å². The highest BCUT2D eigenvalue weighted by molar-refractivity contribution is 5.85. The van der Waals surface area contributed by atoms with E-state index in [1.165, 1.54) is 12.1 Å². The van der Waals surface area contributed by atoms with Crippen LogP contribution in [-0.2, 0) is 11.3 Å². The molecule has 1 atom stereocenters. The summed E-state index contributed by atoms with van der Waals surface area (Å²) in [6, 6.07) is 3.16. The zero-order valence-electron chi connectivity index (χ0n) is 10.4. The first kappa shape index (κ1) is 15.9. The van der Waals surface area contributed by atoms with Gasteiger partial charge in [0.1, 0.15) is 11.6 Å². The molecule has 106 valence electrons. The molecule has 6 heteroatoms. The van der Waals surface area contributed by atoms with Crippen molar-refractivity contribution < 1.29 is 13.6 Å². The summed E-state index contributed by atoms with van der Waals surface area (Å²) in [7, 11) is 0. The Balaban J connectivity index is 0.00000180. The van der Waals surface area contributed by atoms with Gasteiger partial charge in [-0.2, -0.15) is 0 Å². The molecule has 1 fully saturated rings. The van der Waals surface area contributed by atoms with Gasteiger partial charge in [0.15, 0.2) is 0 Å². The summed E-state index contributed by atoms with van der Waals surface area (Å²) in [5.74, 6) is -1.37. The Hall–Kier alpha value is -1.20. The lowest BCUT2D eigenvalue weighted by atomic mass is 10.0. The monoisotopic (exact) mass is 290 g/mol. The number of carbonyl (C=O) groups is 1. The average Bonchev–Trinajstić information content (AvgIpc) is 2.38. The molecule has 1 aromatic carbocycles. The van der Waals surface area contributed by atoms with Gasteiger partial charge in [-0.3, -0.25) is 4.79 Å². The molecule has 1 aromatic rings. The third-order valence-corrected chi connectivity index (χ3v) is 3.09. The van der Waals surface area contributed by atoms with Crippen molar-refractivity contribution in [3.63, 3.8) is 0 Å². The van der Waals surface area contributed by atoms with Crippen LogP contribution in [-0.4, -0.2) is 18.5 Å². The molecule has 0 spiro atoms. The van der Waals surface area contributed by atoms with Gasteiger partial charge in [-0.1, -0.05) is 12.5 Å². The number of amides is 1. The molecule has 19 heavy (non-hydrogen) atoms. The molecule has 3 nitrogen and oxygen atoms in total. The Bertz CT molecular complexity index is 437. The van der Waals surface area contributed by atoms with Crippen molar-refractivity contribution in [3.05, 3.63) is 35.4 Å². The van der Waals surface area contributed by atoms with Crippen LogP contribution in [0.4, 0.5) is 8.78 Å². The molecular formula is C13H17ClF2N2O. The maximum atomic E-state index is 13.3. The van der Waals surface area contributed by atoms with E-state index in [4.69, 9.17) is 0 Å². The summed E-state index contributed by atoms with van der Waals surface area (Å²) >= 11 is 0. The van der Waals surface area contributed by atoms with Crippen LogP contribution in [0, 0.1) is 11.6 Å². The van der Waals surface area contributed by atoms with E-state index in [0.717, 1.165) is 31.9 Å². The Morgan fingerprint density at radius 2 is 2.16 bits per heavy atom. The maximum Gasteiger partial charge on any atom is 0.237 e. The fraction of sp³-hybridized carbons (Fsp3) is 0.462. The quantitative estimate of drug-likeness (QED) is 0.895.